The molecule has 1 aromatic carbocycles. The number of carbonyl (C=O) groups excluding carboxylic acids is 1. The van der Waals surface area contributed by atoms with Gasteiger partial charge in [-0.3, -0.25) is 4.79 Å². The molecule has 1 amide bonds. The predicted molar refractivity (Wildman–Crippen MR) is 65.4 cm³/mol. The molecule has 4 nitrogen and oxygen atoms in total. The molecule has 1 aromatic heterocycles. The van der Waals surface area contributed by atoms with Crippen LogP contribution in [-0.2, 0) is 11.2 Å². The Balaban J connectivity index is 2.23. The lowest BCUT2D eigenvalue weighted by molar-refractivity contribution is -0.120. The van der Waals surface area contributed by atoms with Crippen LogP contribution in [-0.4, -0.2) is 15.5 Å². The van der Waals surface area contributed by atoms with E-state index in [0.717, 1.165) is 11.4 Å². The minimum absolute atomic E-state index is 0.350. The van der Waals surface area contributed by atoms with Crippen molar-refractivity contribution in [2.45, 2.75) is 19.4 Å². The molecule has 1 heterocycles. The molecular weight excluding hydrogens is 214 g/mol. The molecule has 17 heavy (non-hydrogen) atoms. The van der Waals surface area contributed by atoms with Gasteiger partial charge in [0.1, 0.15) is 11.9 Å². The van der Waals surface area contributed by atoms with Gasteiger partial charge in [0, 0.05) is 18.8 Å². The van der Waals surface area contributed by atoms with E-state index in [2.05, 4.69) is 4.98 Å². The molecule has 0 radical (unpaired) electrons. The minimum atomic E-state index is -0.365. The Labute approximate surface area is 100 Å². The molecule has 1 unspecified atom stereocenters. The third kappa shape index (κ3) is 2.53. The highest BCUT2D eigenvalue weighted by Gasteiger charge is 2.14. The highest BCUT2D eigenvalue weighted by molar-refractivity contribution is 5.77. The van der Waals surface area contributed by atoms with Crippen molar-refractivity contribution in [2.24, 2.45) is 5.73 Å². The van der Waals surface area contributed by atoms with Gasteiger partial charge >= 0.3 is 0 Å². The molecule has 0 spiro atoms. The van der Waals surface area contributed by atoms with Crippen LogP contribution in [0.15, 0.2) is 42.7 Å². The standard InChI is InChI=1S/C13H15N3O/c1-10(13(14)17)16-8-7-15-12(16)9-11-5-3-2-4-6-11/h2-8,10H,9H2,1H3,(H2,14,17). The van der Waals surface area contributed by atoms with Crippen molar-refractivity contribution < 1.29 is 4.79 Å². The zero-order valence-corrected chi connectivity index (χ0v) is 9.71. The second kappa shape index (κ2) is 4.82. The van der Waals surface area contributed by atoms with Gasteiger partial charge in [-0.15, -0.1) is 0 Å². The van der Waals surface area contributed by atoms with E-state index in [1.807, 2.05) is 34.9 Å². The molecule has 0 saturated heterocycles. The van der Waals surface area contributed by atoms with E-state index in [4.69, 9.17) is 5.73 Å². The van der Waals surface area contributed by atoms with E-state index in [-0.39, 0.29) is 11.9 Å². The van der Waals surface area contributed by atoms with Crippen molar-refractivity contribution in [3.8, 4) is 0 Å². The van der Waals surface area contributed by atoms with Crippen LogP contribution in [0.4, 0.5) is 0 Å². The van der Waals surface area contributed by atoms with Crippen LogP contribution in [0.5, 0.6) is 0 Å². The van der Waals surface area contributed by atoms with Gasteiger partial charge in [-0.2, -0.15) is 0 Å². The topological polar surface area (TPSA) is 60.9 Å². The van der Waals surface area contributed by atoms with Crippen LogP contribution in [0.3, 0.4) is 0 Å². The Bertz CT molecular complexity index is 504. The van der Waals surface area contributed by atoms with Crippen molar-refractivity contribution in [3.63, 3.8) is 0 Å². The Morgan fingerprint density at radius 1 is 1.41 bits per heavy atom. The van der Waals surface area contributed by atoms with Crippen LogP contribution < -0.4 is 5.73 Å². The summed E-state index contributed by atoms with van der Waals surface area (Å²) in [4.78, 5) is 15.4. The molecule has 0 saturated carbocycles. The van der Waals surface area contributed by atoms with E-state index in [1.54, 1.807) is 19.3 Å². The lowest BCUT2D eigenvalue weighted by atomic mass is 10.1. The fourth-order valence-electron chi connectivity index (χ4n) is 1.75. The number of carbonyl (C=O) groups is 1. The molecule has 1 atom stereocenters. The third-order valence-corrected chi connectivity index (χ3v) is 2.78. The Morgan fingerprint density at radius 3 is 2.76 bits per heavy atom. The van der Waals surface area contributed by atoms with Gasteiger partial charge in [0.25, 0.3) is 0 Å². The summed E-state index contributed by atoms with van der Waals surface area (Å²) in [6, 6.07) is 9.65. The first kappa shape index (κ1) is 11.4. The summed E-state index contributed by atoms with van der Waals surface area (Å²) in [5.74, 6) is 0.500. The number of amides is 1. The molecule has 2 rings (SSSR count). The highest BCUT2D eigenvalue weighted by atomic mass is 16.1. The van der Waals surface area contributed by atoms with E-state index in [1.165, 1.54) is 0 Å². The summed E-state index contributed by atoms with van der Waals surface area (Å²) >= 11 is 0. The van der Waals surface area contributed by atoms with Crippen LogP contribution in [0.1, 0.15) is 24.4 Å². The van der Waals surface area contributed by atoms with Gasteiger partial charge in [0.2, 0.25) is 5.91 Å². The fourth-order valence-corrected chi connectivity index (χ4v) is 1.75. The Kier molecular flexibility index (Phi) is 3.23. The number of rotatable bonds is 4. The normalized spacial score (nSPS) is 12.3. The quantitative estimate of drug-likeness (QED) is 0.864. The molecule has 2 N–H and O–H groups in total. The maximum Gasteiger partial charge on any atom is 0.240 e. The van der Waals surface area contributed by atoms with Crippen LogP contribution >= 0.6 is 0 Å². The Morgan fingerprint density at radius 2 is 2.12 bits per heavy atom. The van der Waals surface area contributed by atoms with Crippen LogP contribution in [0.2, 0.25) is 0 Å². The van der Waals surface area contributed by atoms with Crippen molar-refractivity contribution >= 4 is 5.91 Å². The molecule has 0 fully saturated rings. The van der Waals surface area contributed by atoms with Gasteiger partial charge in [-0.1, -0.05) is 30.3 Å². The first-order chi connectivity index (χ1) is 8.18. The van der Waals surface area contributed by atoms with Crippen molar-refractivity contribution in [2.75, 3.05) is 0 Å². The van der Waals surface area contributed by atoms with E-state index in [9.17, 15) is 4.79 Å². The minimum Gasteiger partial charge on any atom is -0.368 e. The van der Waals surface area contributed by atoms with Gasteiger partial charge < -0.3 is 10.3 Å². The average Bonchev–Trinajstić information content (AvgIpc) is 2.77. The summed E-state index contributed by atoms with van der Waals surface area (Å²) in [5.41, 5.74) is 6.47. The molecular formula is C13H15N3O. The van der Waals surface area contributed by atoms with Crippen molar-refractivity contribution in [1.29, 1.82) is 0 Å². The first-order valence-corrected chi connectivity index (χ1v) is 5.53. The molecule has 0 aliphatic rings. The zero-order chi connectivity index (χ0) is 12.3. The predicted octanol–water partition coefficient (Wildman–Crippen LogP) is 1.52. The molecule has 88 valence electrons. The van der Waals surface area contributed by atoms with Crippen molar-refractivity contribution in [1.82, 2.24) is 9.55 Å². The van der Waals surface area contributed by atoms with Crippen LogP contribution in [0, 0.1) is 0 Å². The lowest BCUT2D eigenvalue weighted by Crippen LogP contribution is -2.25. The third-order valence-electron chi connectivity index (χ3n) is 2.78. The summed E-state index contributed by atoms with van der Waals surface area (Å²) < 4.78 is 1.81. The van der Waals surface area contributed by atoms with Gasteiger partial charge in [-0.05, 0) is 12.5 Å². The smallest absolute Gasteiger partial charge is 0.240 e. The van der Waals surface area contributed by atoms with Gasteiger partial charge in [0.15, 0.2) is 0 Å². The van der Waals surface area contributed by atoms with E-state index in [0.29, 0.717) is 6.42 Å². The fraction of sp³-hybridized carbons (Fsp3) is 0.231. The second-order valence-electron chi connectivity index (χ2n) is 3.99. The monoisotopic (exact) mass is 229 g/mol. The molecule has 2 aromatic rings. The highest BCUT2D eigenvalue weighted by Crippen LogP contribution is 2.12. The summed E-state index contributed by atoms with van der Waals surface area (Å²) in [6.07, 6.45) is 4.18. The summed E-state index contributed by atoms with van der Waals surface area (Å²) in [6.45, 7) is 1.78. The molecule has 0 aliphatic carbocycles. The number of nitrogens with zero attached hydrogens (tertiary/aromatic N) is 2. The maximum absolute atomic E-state index is 11.2. The van der Waals surface area contributed by atoms with Crippen molar-refractivity contribution in [3.05, 3.63) is 54.1 Å². The number of primary amides is 1. The number of nitrogens with two attached hydrogens (primary N) is 1. The maximum atomic E-state index is 11.2. The zero-order valence-electron chi connectivity index (χ0n) is 9.71. The average molecular weight is 229 g/mol. The lowest BCUT2D eigenvalue weighted by Gasteiger charge is -2.12. The van der Waals surface area contributed by atoms with Gasteiger partial charge in [-0.25, -0.2) is 4.98 Å². The molecule has 0 bridgehead atoms. The summed E-state index contributed by atoms with van der Waals surface area (Å²) in [7, 11) is 0. The SMILES string of the molecule is CC(C(N)=O)n1ccnc1Cc1ccccc1. The molecule has 0 aliphatic heterocycles. The van der Waals surface area contributed by atoms with E-state index < -0.39 is 0 Å². The van der Waals surface area contributed by atoms with Crippen LogP contribution in [0.25, 0.3) is 0 Å². The first-order valence-electron chi connectivity index (χ1n) is 5.53. The number of benzene rings is 1. The Hall–Kier alpha value is -2.10. The largest absolute Gasteiger partial charge is 0.368 e. The molecule has 4 heteroatoms. The van der Waals surface area contributed by atoms with E-state index >= 15 is 0 Å². The number of imidazole rings is 1. The second-order valence-corrected chi connectivity index (χ2v) is 3.99. The summed E-state index contributed by atoms with van der Waals surface area (Å²) in [5, 5.41) is 0. The van der Waals surface area contributed by atoms with Gasteiger partial charge in [0.05, 0.1) is 0 Å². The number of aromatic nitrogens is 2. The number of hydrogen-bond donors (Lipinski definition) is 1. The number of hydrogen-bond acceptors (Lipinski definition) is 2.